The predicted octanol–water partition coefficient (Wildman–Crippen LogP) is 0.333. The lowest BCUT2D eigenvalue weighted by atomic mass is 10.1. The Morgan fingerprint density at radius 3 is 3.00 bits per heavy atom. The van der Waals surface area contributed by atoms with Crippen molar-refractivity contribution in [3.63, 3.8) is 0 Å². The molecule has 0 aromatic carbocycles. The molecular formula is C11H21NO4. The summed E-state index contributed by atoms with van der Waals surface area (Å²) in [4.78, 5) is 11.7. The van der Waals surface area contributed by atoms with Crippen molar-refractivity contribution in [1.82, 2.24) is 5.32 Å². The van der Waals surface area contributed by atoms with Crippen LogP contribution in [0.15, 0.2) is 0 Å². The van der Waals surface area contributed by atoms with Crippen molar-refractivity contribution in [3.8, 4) is 0 Å². The highest BCUT2D eigenvalue weighted by Gasteiger charge is 2.32. The van der Waals surface area contributed by atoms with Crippen LogP contribution < -0.4 is 5.32 Å². The maximum atomic E-state index is 11.7. The van der Waals surface area contributed by atoms with Gasteiger partial charge in [-0.15, -0.1) is 0 Å². The lowest BCUT2D eigenvalue weighted by molar-refractivity contribution is -0.149. The lowest BCUT2D eigenvalue weighted by Crippen LogP contribution is -2.47. The highest BCUT2D eigenvalue weighted by atomic mass is 16.5. The molecule has 2 atom stereocenters. The third kappa shape index (κ3) is 4.08. The molecule has 2 unspecified atom stereocenters. The third-order valence-electron chi connectivity index (χ3n) is 2.55. The number of hydrogen-bond donors (Lipinski definition) is 1. The standard InChI is InChI=1S/C11H21NO4/c1-3-15-11(13)10(12-6-8-14-2)9-5-4-7-16-9/h9-10,12H,3-8H2,1-2H3. The van der Waals surface area contributed by atoms with Gasteiger partial charge in [0.15, 0.2) is 0 Å². The second-order valence-electron chi connectivity index (χ2n) is 3.73. The summed E-state index contributed by atoms with van der Waals surface area (Å²) in [5.74, 6) is -0.231. The molecule has 1 aliphatic heterocycles. The monoisotopic (exact) mass is 231 g/mol. The first kappa shape index (κ1) is 13.4. The molecule has 1 fully saturated rings. The van der Waals surface area contributed by atoms with Crippen LogP contribution >= 0.6 is 0 Å². The Balaban J connectivity index is 2.43. The van der Waals surface area contributed by atoms with Gasteiger partial charge in [0.2, 0.25) is 0 Å². The zero-order chi connectivity index (χ0) is 11.8. The Labute approximate surface area is 96.4 Å². The second-order valence-corrected chi connectivity index (χ2v) is 3.73. The molecule has 0 aromatic heterocycles. The fourth-order valence-corrected chi connectivity index (χ4v) is 1.78. The summed E-state index contributed by atoms with van der Waals surface area (Å²) in [6.45, 7) is 4.13. The summed E-state index contributed by atoms with van der Waals surface area (Å²) in [5.41, 5.74) is 0. The van der Waals surface area contributed by atoms with Crippen molar-refractivity contribution in [2.24, 2.45) is 0 Å². The minimum absolute atomic E-state index is 0.0593. The van der Waals surface area contributed by atoms with Crippen molar-refractivity contribution in [3.05, 3.63) is 0 Å². The summed E-state index contributed by atoms with van der Waals surface area (Å²) in [6, 6.07) is -0.363. The molecule has 0 bridgehead atoms. The van der Waals surface area contributed by atoms with Gasteiger partial charge in [0.1, 0.15) is 6.04 Å². The molecule has 16 heavy (non-hydrogen) atoms. The maximum Gasteiger partial charge on any atom is 0.325 e. The zero-order valence-electron chi connectivity index (χ0n) is 10.0. The van der Waals surface area contributed by atoms with Gasteiger partial charge in [0.25, 0.3) is 0 Å². The smallest absolute Gasteiger partial charge is 0.325 e. The number of carbonyl (C=O) groups excluding carboxylic acids is 1. The maximum absolute atomic E-state index is 11.7. The number of rotatable bonds is 7. The van der Waals surface area contributed by atoms with E-state index in [9.17, 15) is 4.79 Å². The molecule has 0 aromatic rings. The van der Waals surface area contributed by atoms with Gasteiger partial charge in [-0.25, -0.2) is 0 Å². The van der Waals surface area contributed by atoms with Crippen LogP contribution in [0.2, 0.25) is 0 Å². The van der Waals surface area contributed by atoms with Crippen LogP contribution in [0.1, 0.15) is 19.8 Å². The van der Waals surface area contributed by atoms with Gasteiger partial charge in [-0.1, -0.05) is 0 Å². The van der Waals surface area contributed by atoms with Gasteiger partial charge in [-0.05, 0) is 19.8 Å². The first-order chi connectivity index (χ1) is 7.79. The van der Waals surface area contributed by atoms with Gasteiger partial charge >= 0.3 is 5.97 Å². The van der Waals surface area contributed by atoms with Gasteiger partial charge in [-0.2, -0.15) is 0 Å². The molecule has 1 N–H and O–H groups in total. The van der Waals surface area contributed by atoms with Crippen LogP contribution in [0.5, 0.6) is 0 Å². The molecule has 0 aliphatic carbocycles. The topological polar surface area (TPSA) is 56.8 Å². The molecule has 1 rings (SSSR count). The van der Waals surface area contributed by atoms with Gasteiger partial charge < -0.3 is 14.2 Å². The minimum atomic E-state index is -0.363. The molecule has 0 saturated carbocycles. The van der Waals surface area contributed by atoms with Gasteiger partial charge in [0.05, 0.1) is 19.3 Å². The van der Waals surface area contributed by atoms with E-state index in [2.05, 4.69) is 5.32 Å². The Hall–Kier alpha value is -0.650. The Kier molecular flexibility index (Phi) is 6.37. The zero-order valence-corrected chi connectivity index (χ0v) is 10.0. The number of nitrogens with one attached hydrogen (secondary N) is 1. The molecule has 94 valence electrons. The Morgan fingerprint density at radius 1 is 1.62 bits per heavy atom. The van der Waals surface area contributed by atoms with E-state index in [0.717, 1.165) is 19.4 Å². The van der Waals surface area contributed by atoms with E-state index in [1.165, 1.54) is 0 Å². The first-order valence-corrected chi connectivity index (χ1v) is 5.80. The van der Waals surface area contributed by atoms with Crippen LogP contribution in [-0.4, -0.2) is 51.6 Å². The second kappa shape index (κ2) is 7.60. The minimum Gasteiger partial charge on any atom is -0.465 e. The number of methoxy groups -OCH3 is 1. The van der Waals surface area contributed by atoms with Crippen molar-refractivity contribution >= 4 is 5.97 Å². The Bertz CT molecular complexity index is 204. The number of hydrogen-bond acceptors (Lipinski definition) is 5. The molecule has 5 heteroatoms. The number of carbonyl (C=O) groups is 1. The number of ether oxygens (including phenoxy) is 3. The fraction of sp³-hybridized carbons (Fsp3) is 0.909. The van der Waals surface area contributed by atoms with E-state index in [-0.39, 0.29) is 18.1 Å². The average molecular weight is 231 g/mol. The molecule has 0 radical (unpaired) electrons. The molecule has 1 saturated heterocycles. The quantitative estimate of drug-likeness (QED) is 0.505. The summed E-state index contributed by atoms with van der Waals surface area (Å²) in [7, 11) is 1.63. The summed E-state index contributed by atoms with van der Waals surface area (Å²) < 4.78 is 15.5. The molecule has 1 aliphatic rings. The van der Waals surface area contributed by atoms with E-state index in [0.29, 0.717) is 19.8 Å². The highest BCUT2D eigenvalue weighted by Crippen LogP contribution is 2.16. The highest BCUT2D eigenvalue weighted by molar-refractivity contribution is 5.76. The van der Waals surface area contributed by atoms with Crippen LogP contribution in [0.25, 0.3) is 0 Å². The summed E-state index contributed by atoms with van der Waals surface area (Å²) >= 11 is 0. The molecular weight excluding hydrogens is 210 g/mol. The van der Waals surface area contributed by atoms with E-state index in [4.69, 9.17) is 14.2 Å². The predicted molar refractivity (Wildman–Crippen MR) is 59.3 cm³/mol. The van der Waals surface area contributed by atoms with E-state index in [1.54, 1.807) is 14.0 Å². The largest absolute Gasteiger partial charge is 0.465 e. The fourth-order valence-electron chi connectivity index (χ4n) is 1.78. The molecule has 5 nitrogen and oxygen atoms in total. The van der Waals surface area contributed by atoms with Crippen LogP contribution in [0.3, 0.4) is 0 Å². The van der Waals surface area contributed by atoms with Crippen LogP contribution in [0, 0.1) is 0 Å². The number of esters is 1. The SMILES string of the molecule is CCOC(=O)C(NCCOC)C1CCCO1. The average Bonchev–Trinajstić information content (AvgIpc) is 2.78. The lowest BCUT2D eigenvalue weighted by Gasteiger charge is -2.22. The van der Waals surface area contributed by atoms with Crippen molar-refractivity contribution < 1.29 is 19.0 Å². The molecule has 1 heterocycles. The van der Waals surface area contributed by atoms with Crippen LogP contribution in [0.4, 0.5) is 0 Å². The van der Waals surface area contributed by atoms with Gasteiger partial charge in [-0.3, -0.25) is 10.1 Å². The van der Waals surface area contributed by atoms with Crippen LogP contribution in [-0.2, 0) is 19.0 Å². The van der Waals surface area contributed by atoms with Crippen molar-refractivity contribution in [2.45, 2.75) is 31.9 Å². The Morgan fingerprint density at radius 2 is 2.44 bits per heavy atom. The van der Waals surface area contributed by atoms with Crippen molar-refractivity contribution in [2.75, 3.05) is 33.5 Å². The van der Waals surface area contributed by atoms with Crippen molar-refractivity contribution in [1.29, 1.82) is 0 Å². The van der Waals surface area contributed by atoms with Gasteiger partial charge in [0, 0.05) is 20.3 Å². The van der Waals surface area contributed by atoms with E-state index >= 15 is 0 Å². The van der Waals surface area contributed by atoms with E-state index < -0.39 is 0 Å². The third-order valence-corrected chi connectivity index (χ3v) is 2.55. The summed E-state index contributed by atoms with van der Waals surface area (Å²) in [5, 5.41) is 3.12. The van der Waals surface area contributed by atoms with E-state index in [1.807, 2.05) is 0 Å². The molecule has 0 amide bonds. The first-order valence-electron chi connectivity index (χ1n) is 5.80. The molecule has 0 spiro atoms. The normalized spacial score (nSPS) is 22.0. The summed E-state index contributed by atoms with van der Waals surface area (Å²) in [6.07, 6.45) is 1.85.